The van der Waals surface area contributed by atoms with Gasteiger partial charge < -0.3 is 5.32 Å². The summed E-state index contributed by atoms with van der Waals surface area (Å²) >= 11 is 0. The van der Waals surface area contributed by atoms with Crippen molar-refractivity contribution >= 4 is 10.0 Å². The van der Waals surface area contributed by atoms with Crippen molar-refractivity contribution in [3.05, 3.63) is 23.9 Å². The molecule has 1 unspecified atom stereocenters. The fourth-order valence-electron chi connectivity index (χ4n) is 1.47. The third-order valence-electron chi connectivity index (χ3n) is 3.11. The van der Waals surface area contributed by atoms with E-state index in [-0.39, 0.29) is 5.03 Å². The molecular weight excluding hydrogens is 274 g/mol. The van der Waals surface area contributed by atoms with Crippen molar-refractivity contribution in [2.24, 2.45) is 5.92 Å². The van der Waals surface area contributed by atoms with E-state index in [1.165, 1.54) is 0 Å². The molecule has 0 spiro atoms. The van der Waals surface area contributed by atoms with Crippen molar-refractivity contribution in [3.8, 4) is 0 Å². The van der Waals surface area contributed by atoms with Gasteiger partial charge in [-0.15, -0.1) is 0 Å². The van der Waals surface area contributed by atoms with Crippen LogP contribution >= 0.6 is 0 Å². The molecule has 0 amide bonds. The molecule has 20 heavy (non-hydrogen) atoms. The Kier molecular flexibility index (Phi) is 6.58. The number of hydrogen-bond acceptors (Lipinski definition) is 4. The zero-order valence-corrected chi connectivity index (χ0v) is 13.5. The molecule has 0 radical (unpaired) electrons. The van der Waals surface area contributed by atoms with E-state index in [0.29, 0.717) is 25.0 Å². The van der Waals surface area contributed by atoms with E-state index in [4.69, 9.17) is 0 Å². The lowest BCUT2D eigenvalue weighted by Gasteiger charge is -2.11. The fourth-order valence-corrected chi connectivity index (χ4v) is 2.56. The van der Waals surface area contributed by atoms with Gasteiger partial charge in [-0.25, -0.2) is 18.1 Å². The summed E-state index contributed by atoms with van der Waals surface area (Å²) in [7, 11) is -3.49. The highest BCUT2D eigenvalue weighted by Crippen LogP contribution is 2.08. The molecule has 0 fully saturated rings. The number of pyridine rings is 1. The monoisotopic (exact) mass is 299 g/mol. The maximum atomic E-state index is 12.0. The molecule has 1 aromatic heterocycles. The first-order valence-electron chi connectivity index (χ1n) is 7.03. The first-order chi connectivity index (χ1) is 9.35. The highest BCUT2D eigenvalue weighted by Gasteiger charge is 2.16. The van der Waals surface area contributed by atoms with Crippen LogP contribution in [-0.2, 0) is 16.6 Å². The second-order valence-corrected chi connectivity index (χ2v) is 7.12. The molecule has 1 aromatic rings. The number of nitrogens with zero attached hydrogens (tertiary/aromatic N) is 1. The zero-order chi connectivity index (χ0) is 15.2. The van der Waals surface area contributed by atoms with E-state index in [0.717, 1.165) is 12.0 Å². The van der Waals surface area contributed by atoms with E-state index in [1.54, 1.807) is 18.3 Å². The highest BCUT2D eigenvalue weighted by atomic mass is 32.2. The standard InChI is InChI=1S/C14H25N3O2S/c1-5-12(4)8-17-20(18,19)14-7-6-13(10-16-14)9-15-11(2)3/h6-7,10-12,15,17H,5,8-9H2,1-4H3. The van der Waals surface area contributed by atoms with Gasteiger partial charge in [0.05, 0.1) is 0 Å². The zero-order valence-electron chi connectivity index (χ0n) is 12.7. The van der Waals surface area contributed by atoms with Gasteiger partial charge in [0.15, 0.2) is 5.03 Å². The van der Waals surface area contributed by atoms with E-state index in [2.05, 4.69) is 28.9 Å². The summed E-state index contributed by atoms with van der Waals surface area (Å²) < 4.78 is 26.7. The van der Waals surface area contributed by atoms with E-state index >= 15 is 0 Å². The molecule has 0 aromatic carbocycles. The van der Waals surface area contributed by atoms with Gasteiger partial charge in [0.2, 0.25) is 0 Å². The highest BCUT2D eigenvalue weighted by molar-refractivity contribution is 7.89. The van der Waals surface area contributed by atoms with E-state index in [1.807, 2.05) is 13.8 Å². The predicted octanol–water partition coefficient (Wildman–Crippen LogP) is 1.90. The summed E-state index contributed by atoms with van der Waals surface area (Å²) in [5.41, 5.74) is 0.972. The first-order valence-corrected chi connectivity index (χ1v) is 8.51. The van der Waals surface area contributed by atoms with Gasteiger partial charge in [0.1, 0.15) is 0 Å². The van der Waals surface area contributed by atoms with Crippen molar-refractivity contribution in [1.82, 2.24) is 15.0 Å². The van der Waals surface area contributed by atoms with Crippen LogP contribution in [0.2, 0.25) is 0 Å². The average molecular weight is 299 g/mol. The number of sulfonamides is 1. The average Bonchev–Trinajstić information content (AvgIpc) is 2.43. The van der Waals surface area contributed by atoms with Gasteiger partial charge in [-0.2, -0.15) is 0 Å². The van der Waals surface area contributed by atoms with Crippen LogP contribution in [0.25, 0.3) is 0 Å². The molecule has 2 N–H and O–H groups in total. The van der Waals surface area contributed by atoms with Gasteiger partial charge in [-0.3, -0.25) is 0 Å². The Morgan fingerprint density at radius 1 is 1.25 bits per heavy atom. The Labute approximate surface area is 122 Å². The van der Waals surface area contributed by atoms with Crippen LogP contribution in [0.15, 0.2) is 23.4 Å². The molecule has 0 aliphatic rings. The first kappa shape index (κ1) is 17.1. The Hall–Kier alpha value is -0.980. The van der Waals surface area contributed by atoms with Crippen molar-refractivity contribution in [2.45, 2.75) is 51.7 Å². The predicted molar refractivity (Wildman–Crippen MR) is 80.9 cm³/mol. The molecule has 6 heteroatoms. The summed E-state index contributed by atoms with van der Waals surface area (Å²) in [4.78, 5) is 4.04. The molecule has 0 saturated heterocycles. The Balaban J connectivity index is 2.67. The Morgan fingerprint density at radius 3 is 2.45 bits per heavy atom. The fraction of sp³-hybridized carbons (Fsp3) is 0.643. The smallest absolute Gasteiger partial charge is 0.258 e. The molecule has 0 saturated carbocycles. The van der Waals surface area contributed by atoms with Crippen LogP contribution in [0.4, 0.5) is 0 Å². The molecule has 0 aliphatic carbocycles. The van der Waals surface area contributed by atoms with Crippen LogP contribution < -0.4 is 10.0 Å². The SMILES string of the molecule is CCC(C)CNS(=O)(=O)c1ccc(CNC(C)C)cn1. The Bertz CT molecular complexity index is 498. The third kappa shape index (κ3) is 5.56. The Morgan fingerprint density at radius 2 is 1.95 bits per heavy atom. The third-order valence-corrected chi connectivity index (χ3v) is 4.44. The van der Waals surface area contributed by atoms with Gasteiger partial charge >= 0.3 is 0 Å². The second-order valence-electron chi connectivity index (χ2n) is 5.41. The van der Waals surface area contributed by atoms with Gasteiger partial charge in [0.25, 0.3) is 10.0 Å². The van der Waals surface area contributed by atoms with Crippen molar-refractivity contribution in [1.29, 1.82) is 0 Å². The van der Waals surface area contributed by atoms with Crippen LogP contribution in [0, 0.1) is 5.92 Å². The molecular formula is C14H25N3O2S. The lowest BCUT2D eigenvalue weighted by atomic mass is 10.1. The summed E-state index contributed by atoms with van der Waals surface area (Å²) in [6, 6.07) is 3.73. The van der Waals surface area contributed by atoms with Gasteiger partial charge in [-0.1, -0.05) is 40.2 Å². The lowest BCUT2D eigenvalue weighted by molar-refractivity contribution is 0.526. The van der Waals surface area contributed by atoms with Crippen LogP contribution in [0.5, 0.6) is 0 Å². The van der Waals surface area contributed by atoms with Crippen LogP contribution in [0.1, 0.15) is 39.7 Å². The van der Waals surface area contributed by atoms with Crippen molar-refractivity contribution in [2.75, 3.05) is 6.54 Å². The van der Waals surface area contributed by atoms with E-state index < -0.39 is 10.0 Å². The maximum absolute atomic E-state index is 12.0. The molecule has 1 heterocycles. The molecule has 1 atom stereocenters. The van der Waals surface area contributed by atoms with Crippen molar-refractivity contribution < 1.29 is 8.42 Å². The second kappa shape index (κ2) is 7.71. The number of hydrogen-bond donors (Lipinski definition) is 2. The lowest BCUT2D eigenvalue weighted by Crippen LogP contribution is -2.29. The topological polar surface area (TPSA) is 71.1 Å². The minimum Gasteiger partial charge on any atom is -0.310 e. The minimum absolute atomic E-state index is 0.0779. The normalized spacial score (nSPS) is 13.7. The summed E-state index contributed by atoms with van der Waals surface area (Å²) in [5, 5.41) is 3.34. The molecule has 1 rings (SSSR count). The van der Waals surface area contributed by atoms with Crippen LogP contribution in [0.3, 0.4) is 0 Å². The van der Waals surface area contributed by atoms with Crippen molar-refractivity contribution in [3.63, 3.8) is 0 Å². The quantitative estimate of drug-likeness (QED) is 0.769. The molecule has 5 nitrogen and oxygen atoms in total. The van der Waals surface area contributed by atoms with Gasteiger partial charge in [0, 0.05) is 25.3 Å². The van der Waals surface area contributed by atoms with Crippen LogP contribution in [-0.4, -0.2) is 26.0 Å². The number of rotatable bonds is 8. The summed E-state index contributed by atoms with van der Waals surface area (Å²) in [6.07, 6.45) is 2.54. The summed E-state index contributed by atoms with van der Waals surface area (Å²) in [6.45, 7) is 9.29. The maximum Gasteiger partial charge on any atom is 0.258 e. The van der Waals surface area contributed by atoms with E-state index in [9.17, 15) is 8.42 Å². The minimum atomic E-state index is -3.49. The molecule has 114 valence electrons. The molecule has 0 bridgehead atoms. The van der Waals surface area contributed by atoms with Gasteiger partial charge in [-0.05, 0) is 17.5 Å². The largest absolute Gasteiger partial charge is 0.310 e. The number of nitrogens with one attached hydrogen (secondary N) is 2. The summed E-state index contributed by atoms with van der Waals surface area (Å²) in [5.74, 6) is 0.319. The number of aromatic nitrogens is 1. The molecule has 0 aliphatic heterocycles.